The van der Waals surface area contributed by atoms with Gasteiger partial charge in [0.2, 0.25) is 5.91 Å². The Morgan fingerprint density at radius 2 is 1.96 bits per heavy atom. The summed E-state index contributed by atoms with van der Waals surface area (Å²) >= 11 is 6.12. The second-order valence-corrected chi connectivity index (χ2v) is 6.93. The first-order valence-electron chi connectivity index (χ1n) is 8.50. The van der Waals surface area contributed by atoms with E-state index in [1.165, 1.54) is 12.1 Å². The molecule has 1 heterocycles. The van der Waals surface area contributed by atoms with Crippen molar-refractivity contribution in [3.8, 4) is 0 Å². The Morgan fingerprint density at radius 1 is 1.21 bits per heavy atom. The Labute approximate surface area is 148 Å². The number of carbonyl (C=O) groups excluding carboxylic acids is 1. The van der Waals surface area contributed by atoms with Crippen molar-refractivity contribution in [2.45, 2.75) is 26.2 Å². The van der Waals surface area contributed by atoms with E-state index >= 15 is 0 Å². The van der Waals surface area contributed by atoms with Crippen molar-refractivity contribution in [3.63, 3.8) is 0 Å². The predicted octanol–water partition coefficient (Wildman–Crippen LogP) is 4.76. The fourth-order valence-corrected chi connectivity index (χ4v) is 3.33. The highest BCUT2D eigenvalue weighted by Crippen LogP contribution is 2.25. The monoisotopic (exact) mass is 342 g/mol. The average Bonchev–Trinajstić information content (AvgIpc) is 3.01. The van der Waals surface area contributed by atoms with Crippen molar-refractivity contribution >= 4 is 28.9 Å². The molecule has 0 bridgehead atoms. The predicted molar refractivity (Wildman–Crippen MR) is 101 cm³/mol. The summed E-state index contributed by atoms with van der Waals surface area (Å²) in [6, 6.07) is 15.8. The Kier molecular flexibility index (Phi) is 5.41. The van der Waals surface area contributed by atoms with E-state index in [0.29, 0.717) is 12.8 Å². The average molecular weight is 343 g/mol. The van der Waals surface area contributed by atoms with Gasteiger partial charge in [-0.1, -0.05) is 36.7 Å². The van der Waals surface area contributed by atoms with Gasteiger partial charge in [0.25, 0.3) is 0 Å². The molecule has 0 radical (unpaired) electrons. The molecule has 24 heavy (non-hydrogen) atoms. The number of rotatable bonds is 5. The van der Waals surface area contributed by atoms with Gasteiger partial charge in [-0.25, -0.2) is 0 Å². The van der Waals surface area contributed by atoms with Crippen LogP contribution in [0.15, 0.2) is 48.5 Å². The maximum atomic E-state index is 12.1. The highest BCUT2D eigenvalue weighted by Gasteiger charge is 2.18. The number of amides is 1. The molecular weight excluding hydrogens is 320 g/mol. The zero-order chi connectivity index (χ0) is 16.9. The highest BCUT2D eigenvalue weighted by molar-refractivity contribution is 6.31. The molecule has 3 nitrogen and oxygen atoms in total. The normalized spacial score (nSPS) is 17.1. The molecule has 2 aromatic carbocycles. The summed E-state index contributed by atoms with van der Waals surface area (Å²) in [6.07, 6.45) is 2.32. The van der Waals surface area contributed by atoms with Crippen LogP contribution in [0, 0.1) is 5.92 Å². The van der Waals surface area contributed by atoms with E-state index in [1.54, 1.807) is 0 Å². The Balaban J connectivity index is 1.52. The third-order valence-electron chi connectivity index (χ3n) is 4.52. The molecule has 1 amide bonds. The SMILES string of the molecule is CC1CCN(c2ccc(NC(=O)CCc3ccccc3Cl)cc2)C1. The van der Waals surface area contributed by atoms with E-state index in [2.05, 4.69) is 29.3 Å². The molecule has 1 unspecified atom stereocenters. The number of aryl methyl sites for hydroxylation is 1. The van der Waals surface area contributed by atoms with E-state index in [-0.39, 0.29) is 5.91 Å². The second kappa shape index (κ2) is 7.71. The molecule has 0 spiro atoms. The van der Waals surface area contributed by atoms with Crippen LogP contribution in [-0.4, -0.2) is 19.0 Å². The molecule has 1 aliphatic heterocycles. The Bertz CT molecular complexity index is 699. The minimum absolute atomic E-state index is 0.0115. The molecule has 1 atom stereocenters. The number of hydrogen-bond acceptors (Lipinski definition) is 2. The zero-order valence-corrected chi connectivity index (χ0v) is 14.7. The van der Waals surface area contributed by atoms with Crippen molar-refractivity contribution in [2.75, 3.05) is 23.3 Å². The van der Waals surface area contributed by atoms with E-state index < -0.39 is 0 Å². The van der Waals surface area contributed by atoms with Crippen LogP contribution < -0.4 is 10.2 Å². The standard InChI is InChI=1S/C20H23ClN2O/c1-15-12-13-23(14-15)18-9-7-17(8-10-18)22-20(24)11-6-16-4-2-3-5-19(16)21/h2-5,7-10,15H,6,11-14H2,1H3,(H,22,24). The van der Waals surface area contributed by atoms with Gasteiger partial charge in [-0.3, -0.25) is 4.79 Å². The lowest BCUT2D eigenvalue weighted by atomic mass is 10.1. The molecule has 1 saturated heterocycles. The summed E-state index contributed by atoms with van der Waals surface area (Å²) in [5.41, 5.74) is 3.08. The molecular formula is C20H23ClN2O. The lowest BCUT2D eigenvalue weighted by Crippen LogP contribution is -2.19. The quantitative estimate of drug-likeness (QED) is 0.849. The number of carbonyl (C=O) groups is 1. The van der Waals surface area contributed by atoms with Crippen molar-refractivity contribution in [1.29, 1.82) is 0 Å². The Morgan fingerprint density at radius 3 is 2.62 bits per heavy atom. The van der Waals surface area contributed by atoms with Crippen molar-refractivity contribution in [1.82, 2.24) is 0 Å². The summed E-state index contributed by atoms with van der Waals surface area (Å²) in [4.78, 5) is 14.5. The van der Waals surface area contributed by atoms with Crippen LogP contribution in [0.1, 0.15) is 25.3 Å². The lowest BCUT2D eigenvalue weighted by Gasteiger charge is -2.18. The van der Waals surface area contributed by atoms with Gasteiger partial charge in [-0.05, 0) is 54.7 Å². The maximum absolute atomic E-state index is 12.1. The number of benzene rings is 2. The minimum atomic E-state index is 0.0115. The molecule has 0 aromatic heterocycles. The van der Waals surface area contributed by atoms with Crippen molar-refractivity contribution in [3.05, 3.63) is 59.1 Å². The molecule has 3 rings (SSSR count). The van der Waals surface area contributed by atoms with Gasteiger partial charge in [-0.15, -0.1) is 0 Å². The first-order chi connectivity index (χ1) is 11.6. The van der Waals surface area contributed by atoms with Crippen molar-refractivity contribution < 1.29 is 4.79 Å². The van der Waals surface area contributed by atoms with Crippen LogP contribution in [0.25, 0.3) is 0 Å². The molecule has 1 N–H and O–H groups in total. The number of nitrogens with zero attached hydrogens (tertiary/aromatic N) is 1. The minimum Gasteiger partial charge on any atom is -0.371 e. The molecule has 1 aliphatic rings. The van der Waals surface area contributed by atoms with Crippen LogP contribution in [0.4, 0.5) is 11.4 Å². The van der Waals surface area contributed by atoms with Gasteiger partial charge in [-0.2, -0.15) is 0 Å². The topological polar surface area (TPSA) is 32.3 Å². The van der Waals surface area contributed by atoms with Gasteiger partial charge in [0.05, 0.1) is 0 Å². The van der Waals surface area contributed by atoms with Crippen molar-refractivity contribution in [2.24, 2.45) is 5.92 Å². The second-order valence-electron chi connectivity index (χ2n) is 6.53. The summed E-state index contributed by atoms with van der Waals surface area (Å²) in [7, 11) is 0. The molecule has 1 fully saturated rings. The van der Waals surface area contributed by atoms with Gasteiger partial charge in [0.1, 0.15) is 0 Å². The van der Waals surface area contributed by atoms with Gasteiger partial charge in [0.15, 0.2) is 0 Å². The van der Waals surface area contributed by atoms with Crippen LogP contribution in [0.2, 0.25) is 5.02 Å². The maximum Gasteiger partial charge on any atom is 0.224 e. The van der Waals surface area contributed by atoms with E-state index in [9.17, 15) is 4.79 Å². The fourth-order valence-electron chi connectivity index (χ4n) is 3.10. The summed E-state index contributed by atoms with van der Waals surface area (Å²) < 4.78 is 0. The molecule has 0 saturated carbocycles. The third kappa shape index (κ3) is 4.30. The number of hydrogen-bond donors (Lipinski definition) is 1. The van der Waals surface area contributed by atoms with E-state index in [0.717, 1.165) is 35.3 Å². The highest BCUT2D eigenvalue weighted by atomic mass is 35.5. The number of anilines is 2. The largest absolute Gasteiger partial charge is 0.371 e. The van der Waals surface area contributed by atoms with Gasteiger partial charge < -0.3 is 10.2 Å². The first-order valence-corrected chi connectivity index (χ1v) is 8.88. The van der Waals surface area contributed by atoms with E-state index in [1.807, 2.05) is 36.4 Å². The van der Waals surface area contributed by atoms with Crippen LogP contribution in [0.3, 0.4) is 0 Å². The first kappa shape index (κ1) is 16.8. The summed E-state index contributed by atoms with van der Waals surface area (Å²) in [5, 5.41) is 3.67. The smallest absolute Gasteiger partial charge is 0.224 e. The Hall–Kier alpha value is -2.00. The zero-order valence-electron chi connectivity index (χ0n) is 14.0. The molecule has 126 valence electrons. The fraction of sp³-hybridized carbons (Fsp3) is 0.350. The van der Waals surface area contributed by atoms with Gasteiger partial charge in [0, 0.05) is 35.9 Å². The summed E-state index contributed by atoms with van der Waals surface area (Å²) in [5.74, 6) is 0.770. The summed E-state index contributed by atoms with van der Waals surface area (Å²) in [6.45, 7) is 4.52. The third-order valence-corrected chi connectivity index (χ3v) is 4.89. The lowest BCUT2D eigenvalue weighted by molar-refractivity contribution is -0.116. The number of nitrogens with one attached hydrogen (secondary N) is 1. The van der Waals surface area contributed by atoms with Crippen LogP contribution in [0.5, 0.6) is 0 Å². The van der Waals surface area contributed by atoms with Crippen LogP contribution >= 0.6 is 11.6 Å². The molecule has 0 aliphatic carbocycles. The number of halogens is 1. The molecule has 2 aromatic rings. The molecule has 4 heteroatoms. The van der Waals surface area contributed by atoms with Gasteiger partial charge >= 0.3 is 0 Å². The van der Waals surface area contributed by atoms with E-state index in [4.69, 9.17) is 11.6 Å². The van der Waals surface area contributed by atoms with Crippen LogP contribution in [-0.2, 0) is 11.2 Å².